The van der Waals surface area contributed by atoms with Crippen molar-refractivity contribution in [3.8, 4) is 0 Å². The number of nitrogens with one attached hydrogen (secondary N) is 2. The molecular formula is C22H23N3O3. The van der Waals surface area contributed by atoms with Gasteiger partial charge in [0.15, 0.2) is 5.82 Å². The van der Waals surface area contributed by atoms with Crippen LogP contribution in [0.3, 0.4) is 0 Å². The molecule has 0 atom stereocenters. The SMILES string of the molecule is Cc1cc(NC(=O)c2cccc(C(=O)Nc3ccc(C(C)(C)C)cc3)c2)no1. The molecule has 144 valence electrons. The third kappa shape index (κ3) is 4.65. The second-order valence-electron chi connectivity index (χ2n) is 7.64. The molecule has 0 aliphatic heterocycles. The highest BCUT2D eigenvalue weighted by Crippen LogP contribution is 2.23. The zero-order valence-corrected chi connectivity index (χ0v) is 16.4. The van der Waals surface area contributed by atoms with E-state index in [1.807, 2.05) is 24.3 Å². The highest BCUT2D eigenvalue weighted by atomic mass is 16.5. The van der Waals surface area contributed by atoms with Gasteiger partial charge in [0.2, 0.25) is 0 Å². The summed E-state index contributed by atoms with van der Waals surface area (Å²) in [5, 5.41) is 9.23. The fourth-order valence-corrected chi connectivity index (χ4v) is 2.67. The van der Waals surface area contributed by atoms with Gasteiger partial charge in [0.1, 0.15) is 5.76 Å². The van der Waals surface area contributed by atoms with Crippen LogP contribution in [0.15, 0.2) is 59.1 Å². The minimum Gasteiger partial charge on any atom is -0.360 e. The van der Waals surface area contributed by atoms with E-state index in [2.05, 4.69) is 36.6 Å². The highest BCUT2D eigenvalue weighted by molar-refractivity contribution is 6.08. The zero-order chi connectivity index (χ0) is 20.3. The van der Waals surface area contributed by atoms with Crippen molar-refractivity contribution in [3.63, 3.8) is 0 Å². The van der Waals surface area contributed by atoms with Crippen LogP contribution in [0.5, 0.6) is 0 Å². The van der Waals surface area contributed by atoms with Gasteiger partial charge in [-0.25, -0.2) is 0 Å². The van der Waals surface area contributed by atoms with Gasteiger partial charge in [-0.15, -0.1) is 0 Å². The molecule has 3 rings (SSSR count). The van der Waals surface area contributed by atoms with E-state index in [-0.39, 0.29) is 17.2 Å². The van der Waals surface area contributed by atoms with Gasteiger partial charge in [-0.3, -0.25) is 9.59 Å². The van der Waals surface area contributed by atoms with Crippen LogP contribution in [0.4, 0.5) is 11.5 Å². The number of anilines is 2. The van der Waals surface area contributed by atoms with Gasteiger partial charge in [0.05, 0.1) is 0 Å². The summed E-state index contributed by atoms with van der Waals surface area (Å²) in [6.45, 7) is 8.15. The van der Waals surface area contributed by atoms with E-state index in [4.69, 9.17) is 4.52 Å². The first-order valence-corrected chi connectivity index (χ1v) is 8.99. The molecule has 0 unspecified atom stereocenters. The Balaban J connectivity index is 1.70. The number of rotatable bonds is 4. The van der Waals surface area contributed by atoms with Crippen LogP contribution >= 0.6 is 0 Å². The van der Waals surface area contributed by atoms with Gasteiger partial charge >= 0.3 is 0 Å². The number of hydrogen-bond donors (Lipinski definition) is 2. The fraction of sp³-hybridized carbons (Fsp3) is 0.227. The molecule has 0 aliphatic carbocycles. The van der Waals surface area contributed by atoms with Crippen molar-refractivity contribution in [2.24, 2.45) is 0 Å². The number of nitrogens with zero attached hydrogens (tertiary/aromatic N) is 1. The van der Waals surface area contributed by atoms with Crippen molar-refractivity contribution >= 4 is 23.3 Å². The Bertz CT molecular complexity index is 998. The summed E-state index contributed by atoms with van der Waals surface area (Å²) >= 11 is 0. The third-order valence-corrected chi connectivity index (χ3v) is 4.27. The van der Waals surface area contributed by atoms with Crippen LogP contribution in [-0.2, 0) is 5.41 Å². The minimum atomic E-state index is -0.363. The standard InChI is InChI=1S/C22H23N3O3/c1-14-12-19(25-28-14)24-21(27)16-7-5-6-15(13-16)20(26)23-18-10-8-17(9-11-18)22(2,3)4/h5-13H,1-4H3,(H,23,26)(H,24,25,27). The number of aromatic nitrogens is 1. The van der Waals surface area contributed by atoms with E-state index in [0.717, 1.165) is 0 Å². The molecule has 0 aliphatic rings. The molecule has 6 nitrogen and oxygen atoms in total. The maximum absolute atomic E-state index is 12.6. The molecule has 0 saturated heterocycles. The lowest BCUT2D eigenvalue weighted by Gasteiger charge is -2.19. The van der Waals surface area contributed by atoms with Crippen LogP contribution in [0.1, 0.15) is 52.8 Å². The molecule has 2 amide bonds. The topological polar surface area (TPSA) is 84.2 Å². The molecule has 1 aromatic heterocycles. The summed E-state index contributed by atoms with van der Waals surface area (Å²) in [7, 11) is 0. The number of aryl methyl sites for hydroxylation is 1. The number of carbonyl (C=O) groups is 2. The molecule has 0 saturated carbocycles. The first kappa shape index (κ1) is 19.4. The normalized spacial score (nSPS) is 11.1. The number of carbonyl (C=O) groups excluding carboxylic acids is 2. The van der Waals surface area contributed by atoms with E-state index in [1.54, 1.807) is 37.3 Å². The summed E-state index contributed by atoms with van der Waals surface area (Å²) in [6, 6.07) is 15.9. The quantitative estimate of drug-likeness (QED) is 0.685. The first-order valence-electron chi connectivity index (χ1n) is 8.99. The monoisotopic (exact) mass is 377 g/mol. The van der Waals surface area contributed by atoms with E-state index in [1.165, 1.54) is 5.56 Å². The molecule has 3 aromatic rings. The van der Waals surface area contributed by atoms with Crippen LogP contribution < -0.4 is 10.6 Å². The lowest BCUT2D eigenvalue weighted by Crippen LogP contribution is -2.16. The van der Waals surface area contributed by atoms with Crippen molar-refractivity contribution in [2.45, 2.75) is 33.1 Å². The Morgan fingerprint density at radius 3 is 2.04 bits per heavy atom. The molecule has 0 fully saturated rings. The van der Waals surface area contributed by atoms with Crippen molar-refractivity contribution in [1.82, 2.24) is 5.16 Å². The molecule has 6 heteroatoms. The van der Waals surface area contributed by atoms with Crippen molar-refractivity contribution in [3.05, 3.63) is 77.0 Å². The summed E-state index contributed by atoms with van der Waals surface area (Å²) < 4.78 is 4.93. The lowest BCUT2D eigenvalue weighted by molar-refractivity contribution is 0.102. The molecule has 0 spiro atoms. The fourth-order valence-electron chi connectivity index (χ4n) is 2.67. The summed E-state index contributed by atoms with van der Waals surface area (Å²) in [5.74, 6) is 0.283. The first-order chi connectivity index (χ1) is 13.2. The highest BCUT2D eigenvalue weighted by Gasteiger charge is 2.15. The Morgan fingerprint density at radius 1 is 0.893 bits per heavy atom. The van der Waals surface area contributed by atoms with E-state index in [0.29, 0.717) is 28.4 Å². The molecule has 2 N–H and O–H groups in total. The van der Waals surface area contributed by atoms with Gasteiger partial charge < -0.3 is 15.2 Å². The van der Waals surface area contributed by atoms with Gasteiger partial charge in [0, 0.05) is 22.9 Å². The maximum atomic E-state index is 12.6. The number of amides is 2. The maximum Gasteiger partial charge on any atom is 0.256 e. The number of hydrogen-bond acceptors (Lipinski definition) is 4. The van der Waals surface area contributed by atoms with Crippen LogP contribution in [0.2, 0.25) is 0 Å². The molecule has 2 aromatic carbocycles. The second kappa shape index (κ2) is 7.68. The largest absolute Gasteiger partial charge is 0.360 e. The average molecular weight is 377 g/mol. The average Bonchev–Trinajstić information content (AvgIpc) is 3.06. The number of benzene rings is 2. The second-order valence-corrected chi connectivity index (χ2v) is 7.64. The third-order valence-electron chi connectivity index (χ3n) is 4.27. The predicted octanol–water partition coefficient (Wildman–Crippen LogP) is 4.79. The van der Waals surface area contributed by atoms with E-state index in [9.17, 15) is 9.59 Å². The predicted molar refractivity (Wildman–Crippen MR) is 109 cm³/mol. The van der Waals surface area contributed by atoms with Crippen molar-refractivity contribution in [2.75, 3.05) is 10.6 Å². The molecule has 28 heavy (non-hydrogen) atoms. The van der Waals surface area contributed by atoms with Crippen LogP contribution in [0.25, 0.3) is 0 Å². The molecule has 0 bridgehead atoms. The smallest absolute Gasteiger partial charge is 0.256 e. The van der Waals surface area contributed by atoms with Crippen LogP contribution in [-0.4, -0.2) is 17.0 Å². The van der Waals surface area contributed by atoms with Crippen LogP contribution in [0, 0.1) is 6.92 Å². The van der Waals surface area contributed by atoms with Gasteiger partial charge in [-0.2, -0.15) is 0 Å². The summed E-state index contributed by atoms with van der Waals surface area (Å²) in [4.78, 5) is 24.9. The lowest BCUT2D eigenvalue weighted by atomic mass is 9.87. The summed E-state index contributed by atoms with van der Waals surface area (Å²) in [5.41, 5.74) is 2.69. The van der Waals surface area contributed by atoms with E-state index < -0.39 is 0 Å². The molecule has 1 heterocycles. The Labute approximate surface area is 163 Å². The van der Waals surface area contributed by atoms with Crippen molar-refractivity contribution < 1.29 is 14.1 Å². The summed E-state index contributed by atoms with van der Waals surface area (Å²) in [6.07, 6.45) is 0. The Morgan fingerprint density at radius 2 is 1.50 bits per heavy atom. The van der Waals surface area contributed by atoms with Gasteiger partial charge in [-0.05, 0) is 48.2 Å². The van der Waals surface area contributed by atoms with E-state index >= 15 is 0 Å². The molecular weight excluding hydrogens is 354 g/mol. The Kier molecular flexibility index (Phi) is 5.31. The molecule has 0 radical (unpaired) electrons. The van der Waals surface area contributed by atoms with Gasteiger partial charge in [-0.1, -0.05) is 44.1 Å². The van der Waals surface area contributed by atoms with Crippen molar-refractivity contribution in [1.29, 1.82) is 0 Å². The minimum absolute atomic E-state index is 0.0482. The zero-order valence-electron chi connectivity index (χ0n) is 16.4. The van der Waals surface area contributed by atoms with Gasteiger partial charge in [0.25, 0.3) is 11.8 Å². The Hall–Kier alpha value is -3.41.